The van der Waals surface area contributed by atoms with E-state index in [0.717, 1.165) is 0 Å². The molecule has 2 aromatic carbocycles. The predicted octanol–water partition coefficient (Wildman–Crippen LogP) is 3.23. The van der Waals surface area contributed by atoms with Gasteiger partial charge < -0.3 is 21.3 Å². The number of hydrogen-bond acceptors (Lipinski definition) is 5. The maximum Gasteiger partial charge on any atom is 0.389 e. The smallest absolute Gasteiger partial charge is 0.382 e. The number of halogens is 4. The fraction of sp³-hybridized carbons (Fsp3) is 0.333. The molecule has 2 aliphatic heterocycles. The van der Waals surface area contributed by atoms with Crippen molar-refractivity contribution in [1.82, 2.24) is 5.32 Å². The van der Waals surface area contributed by atoms with Crippen LogP contribution in [0.5, 0.6) is 0 Å². The number of nitrogens with zero attached hydrogens (tertiary/aromatic N) is 2. The number of rotatable bonds is 7. The summed E-state index contributed by atoms with van der Waals surface area (Å²) in [7, 11) is 0. The fourth-order valence-corrected chi connectivity index (χ4v) is 4.51. The molecule has 190 valence electrons. The minimum absolute atomic E-state index is 0.284. The summed E-state index contributed by atoms with van der Waals surface area (Å²) in [5.41, 5.74) is 8.03. The number of hydrogen-bond donors (Lipinski definition) is 3. The molecular weight excluding hydrogens is 499 g/mol. The zero-order valence-electron chi connectivity index (χ0n) is 18.9. The Hall–Kier alpha value is -3.60. The standard InChI is InChI=1S/C24H23ClF3N5O3/c25-15-4-1-3-13(11-15)19-16-5-2-6-17-20(16)33(10-9-30-17)23(36)21(31-19)32-22(35)14(12-18(29)34)7-8-24(26,27)28/h1-6,11,14,21,30H,7-10,12H2,(H2,29,34)(H,32,35). The number of benzene rings is 2. The third-order valence-electron chi connectivity index (χ3n) is 5.94. The molecule has 2 heterocycles. The van der Waals surface area contributed by atoms with Gasteiger partial charge in [-0.1, -0.05) is 35.9 Å². The molecule has 36 heavy (non-hydrogen) atoms. The number of para-hydroxylation sites is 1. The largest absolute Gasteiger partial charge is 0.389 e. The number of alkyl halides is 3. The number of anilines is 2. The quantitative estimate of drug-likeness (QED) is 0.518. The van der Waals surface area contributed by atoms with E-state index in [-0.39, 0.29) is 6.54 Å². The van der Waals surface area contributed by atoms with Crippen LogP contribution in [0, 0.1) is 5.92 Å². The van der Waals surface area contributed by atoms with Crippen LogP contribution in [-0.2, 0) is 14.4 Å². The van der Waals surface area contributed by atoms with Gasteiger partial charge >= 0.3 is 6.18 Å². The number of carbonyl (C=O) groups excluding carboxylic acids is 3. The van der Waals surface area contributed by atoms with Gasteiger partial charge in [-0.3, -0.25) is 14.4 Å². The molecule has 4 N–H and O–H groups in total. The Morgan fingerprint density at radius 2 is 2.00 bits per heavy atom. The summed E-state index contributed by atoms with van der Waals surface area (Å²) in [6, 6.07) is 12.2. The molecule has 8 nitrogen and oxygen atoms in total. The van der Waals surface area contributed by atoms with E-state index in [2.05, 4.69) is 15.6 Å². The molecule has 2 aliphatic rings. The highest BCUT2D eigenvalue weighted by Gasteiger charge is 2.38. The predicted molar refractivity (Wildman–Crippen MR) is 129 cm³/mol. The lowest BCUT2D eigenvalue weighted by molar-refractivity contribution is -0.143. The molecule has 12 heteroatoms. The van der Waals surface area contributed by atoms with E-state index < -0.39 is 55.2 Å². The van der Waals surface area contributed by atoms with E-state index in [1.165, 1.54) is 4.90 Å². The Kier molecular flexibility index (Phi) is 7.21. The second-order valence-corrected chi connectivity index (χ2v) is 8.98. The molecule has 3 amide bonds. The number of primary amides is 1. The van der Waals surface area contributed by atoms with E-state index in [1.54, 1.807) is 36.4 Å². The third kappa shape index (κ3) is 5.62. The van der Waals surface area contributed by atoms with Gasteiger partial charge in [0.25, 0.3) is 5.91 Å². The summed E-state index contributed by atoms with van der Waals surface area (Å²) in [6.07, 6.45) is -8.48. The van der Waals surface area contributed by atoms with Crippen molar-refractivity contribution < 1.29 is 27.6 Å². The molecule has 0 radical (unpaired) electrons. The summed E-state index contributed by atoms with van der Waals surface area (Å²) in [5, 5.41) is 6.13. The summed E-state index contributed by atoms with van der Waals surface area (Å²) in [4.78, 5) is 44.1. The van der Waals surface area contributed by atoms with Crippen molar-refractivity contribution in [3.8, 4) is 0 Å². The Morgan fingerprint density at radius 3 is 2.69 bits per heavy atom. The van der Waals surface area contributed by atoms with Crippen LogP contribution in [0.3, 0.4) is 0 Å². The molecule has 2 unspecified atom stereocenters. The fourth-order valence-electron chi connectivity index (χ4n) is 4.32. The van der Waals surface area contributed by atoms with E-state index in [4.69, 9.17) is 17.3 Å². The normalized spacial score (nSPS) is 17.9. The van der Waals surface area contributed by atoms with Crippen LogP contribution in [0.15, 0.2) is 47.5 Å². The summed E-state index contributed by atoms with van der Waals surface area (Å²) in [6.45, 7) is 0.734. The van der Waals surface area contributed by atoms with Crippen molar-refractivity contribution in [3.63, 3.8) is 0 Å². The molecule has 0 saturated carbocycles. The topological polar surface area (TPSA) is 117 Å². The lowest BCUT2D eigenvalue weighted by Gasteiger charge is -2.32. The van der Waals surface area contributed by atoms with Crippen LogP contribution < -0.4 is 21.3 Å². The highest BCUT2D eigenvalue weighted by atomic mass is 35.5. The summed E-state index contributed by atoms with van der Waals surface area (Å²) < 4.78 is 38.4. The lowest BCUT2D eigenvalue weighted by atomic mass is 9.97. The molecule has 0 spiro atoms. The number of nitrogens with one attached hydrogen (secondary N) is 2. The van der Waals surface area contributed by atoms with Crippen LogP contribution in [0.4, 0.5) is 24.5 Å². The summed E-state index contributed by atoms with van der Waals surface area (Å²) >= 11 is 6.19. The zero-order valence-corrected chi connectivity index (χ0v) is 19.7. The lowest BCUT2D eigenvalue weighted by Crippen LogP contribution is -2.51. The van der Waals surface area contributed by atoms with Crippen LogP contribution in [0.25, 0.3) is 0 Å². The molecule has 4 rings (SSSR count). The molecular formula is C24H23ClF3N5O3. The second-order valence-electron chi connectivity index (χ2n) is 8.54. The van der Waals surface area contributed by atoms with Crippen LogP contribution in [0.2, 0.25) is 5.02 Å². The first-order valence-corrected chi connectivity index (χ1v) is 11.6. The van der Waals surface area contributed by atoms with Crippen molar-refractivity contribution in [2.24, 2.45) is 16.6 Å². The van der Waals surface area contributed by atoms with E-state index >= 15 is 0 Å². The Balaban J connectivity index is 1.74. The zero-order chi connectivity index (χ0) is 26.0. The van der Waals surface area contributed by atoms with Gasteiger partial charge in [0.1, 0.15) is 0 Å². The first-order chi connectivity index (χ1) is 17.0. The van der Waals surface area contributed by atoms with Gasteiger partial charge in [0.2, 0.25) is 18.0 Å². The van der Waals surface area contributed by atoms with E-state index in [0.29, 0.717) is 39.8 Å². The van der Waals surface area contributed by atoms with Crippen LogP contribution >= 0.6 is 11.6 Å². The summed E-state index contributed by atoms with van der Waals surface area (Å²) in [5.74, 6) is -3.76. The Morgan fingerprint density at radius 1 is 1.25 bits per heavy atom. The molecule has 0 saturated heterocycles. The first kappa shape index (κ1) is 25.5. The number of nitrogens with two attached hydrogens (primary N) is 1. The SMILES string of the molecule is NC(=O)CC(CCC(F)(F)F)C(=O)NC1N=C(c2cccc(Cl)c2)c2cccc3c2N(CCN3)C1=O. The highest BCUT2D eigenvalue weighted by molar-refractivity contribution is 6.31. The number of carbonyl (C=O) groups is 3. The Labute approximate surface area is 209 Å². The number of amides is 3. The average Bonchev–Trinajstić information content (AvgIpc) is 2.93. The van der Waals surface area contributed by atoms with Crippen molar-refractivity contribution in [2.75, 3.05) is 23.3 Å². The minimum atomic E-state index is -4.52. The van der Waals surface area contributed by atoms with Gasteiger partial charge in [-0.15, -0.1) is 0 Å². The van der Waals surface area contributed by atoms with Crippen molar-refractivity contribution in [3.05, 3.63) is 58.6 Å². The maximum atomic E-state index is 13.5. The van der Waals surface area contributed by atoms with Gasteiger partial charge in [-0.25, -0.2) is 4.99 Å². The van der Waals surface area contributed by atoms with Crippen LogP contribution in [0.1, 0.15) is 30.4 Å². The average molecular weight is 522 g/mol. The molecule has 0 aromatic heterocycles. The first-order valence-electron chi connectivity index (χ1n) is 11.2. The maximum absolute atomic E-state index is 13.5. The van der Waals surface area contributed by atoms with Gasteiger partial charge in [0.05, 0.1) is 17.1 Å². The molecule has 0 bridgehead atoms. The molecule has 0 aliphatic carbocycles. The van der Waals surface area contributed by atoms with Gasteiger partial charge in [-0.05, 0) is 24.6 Å². The van der Waals surface area contributed by atoms with Crippen molar-refractivity contribution >= 4 is 46.4 Å². The monoisotopic (exact) mass is 521 g/mol. The molecule has 2 aromatic rings. The molecule has 0 fully saturated rings. The van der Waals surface area contributed by atoms with Crippen LogP contribution in [-0.4, -0.2) is 48.9 Å². The minimum Gasteiger partial charge on any atom is -0.382 e. The highest BCUT2D eigenvalue weighted by Crippen LogP contribution is 2.37. The second kappa shape index (κ2) is 10.2. The van der Waals surface area contributed by atoms with Crippen molar-refractivity contribution in [2.45, 2.75) is 31.6 Å². The van der Waals surface area contributed by atoms with Gasteiger partial charge in [-0.2, -0.15) is 13.2 Å². The van der Waals surface area contributed by atoms with E-state index in [1.807, 2.05) is 6.07 Å². The van der Waals surface area contributed by atoms with E-state index in [9.17, 15) is 27.6 Å². The third-order valence-corrected chi connectivity index (χ3v) is 6.18. The number of aliphatic imine (C=N–C) groups is 1. The Bertz CT molecular complexity index is 1230. The van der Waals surface area contributed by atoms with Crippen molar-refractivity contribution in [1.29, 1.82) is 0 Å². The van der Waals surface area contributed by atoms with Gasteiger partial charge in [0, 0.05) is 48.0 Å². The van der Waals surface area contributed by atoms with Gasteiger partial charge in [0.15, 0.2) is 0 Å². The molecule has 2 atom stereocenters.